The van der Waals surface area contributed by atoms with E-state index in [1.807, 2.05) is 6.92 Å². The highest BCUT2D eigenvalue weighted by Gasteiger charge is 2.25. The number of carbonyl (C=O) groups is 1. The van der Waals surface area contributed by atoms with Gasteiger partial charge < -0.3 is 20.3 Å². The van der Waals surface area contributed by atoms with E-state index < -0.39 is 0 Å². The molecular formula is C15H19N5O3. The number of carbonyl (C=O) groups excluding carboxylic acids is 1. The molecule has 3 rings (SSSR count). The van der Waals surface area contributed by atoms with E-state index in [0.29, 0.717) is 17.4 Å². The molecule has 8 heteroatoms. The fourth-order valence-electron chi connectivity index (χ4n) is 2.46. The van der Waals surface area contributed by atoms with Gasteiger partial charge >= 0.3 is 0 Å². The van der Waals surface area contributed by atoms with Crippen molar-refractivity contribution in [3.63, 3.8) is 0 Å². The summed E-state index contributed by atoms with van der Waals surface area (Å²) in [5.41, 5.74) is 1.99. The van der Waals surface area contributed by atoms with Gasteiger partial charge in [-0.3, -0.25) is 9.48 Å². The summed E-state index contributed by atoms with van der Waals surface area (Å²) in [5.74, 6) is -0.0289. The van der Waals surface area contributed by atoms with Crippen LogP contribution in [0.1, 0.15) is 41.5 Å². The van der Waals surface area contributed by atoms with Crippen LogP contribution in [0.5, 0.6) is 0 Å². The number of rotatable bonds is 5. The van der Waals surface area contributed by atoms with Gasteiger partial charge in [-0.2, -0.15) is 5.10 Å². The molecule has 0 radical (unpaired) electrons. The van der Waals surface area contributed by atoms with E-state index in [0.717, 1.165) is 18.5 Å². The van der Waals surface area contributed by atoms with E-state index >= 15 is 0 Å². The molecule has 3 N–H and O–H groups in total. The molecule has 1 fully saturated rings. The monoisotopic (exact) mass is 317 g/mol. The Balaban J connectivity index is 1.62. The van der Waals surface area contributed by atoms with Gasteiger partial charge in [0.05, 0.1) is 30.2 Å². The van der Waals surface area contributed by atoms with E-state index in [-0.39, 0.29) is 18.3 Å². The van der Waals surface area contributed by atoms with E-state index in [1.165, 1.54) is 18.9 Å². The Morgan fingerprint density at radius 3 is 3.00 bits per heavy atom. The molecule has 8 nitrogen and oxygen atoms in total. The van der Waals surface area contributed by atoms with Crippen molar-refractivity contribution in [2.24, 2.45) is 5.16 Å². The van der Waals surface area contributed by atoms with Crippen molar-refractivity contribution in [1.29, 1.82) is 0 Å². The lowest BCUT2D eigenvalue weighted by molar-refractivity contribution is 0.0941. The van der Waals surface area contributed by atoms with Gasteiger partial charge in [0, 0.05) is 0 Å². The number of anilines is 1. The maximum Gasteiger partial charge on any atom is 0.269 e. The molecule has 2 aromatic heterocycles. The molecule has 2 heterocycles. The lowest BCUT2D eigenvalue weighted by Gasteiger charge is -2.27. The van der Waals surface area contributed by atoms with Gasteiger partial charge in [0.15, 0.2) is 5.84 Å². The molecule has 23 heavy (non-hydrogen) atoms. The Labute approximate surface area is 133 Å². The molecule has 0 bridgehead atoms. The van der Waals surface area contributed by atoms with Crippen LogP contribution in [0.15, 0.2) is 34.2 Å². The van der Waals surface area contributed by atoms with Crippen LogP contribution in [0.3, 0.4) is 0 Å². The number of aryl methyl sites for hydroxylation is 1. The number of furan rings is 1. The third-order valence-electron chi connectivity index (χ3n) is 3.86. The molecule has 0 spiro atoms. The Bertz CT molecular complexity index is 701. The van der Waals surface area contributed by atoms with Crippen LogP contribution in [0, 0.1) is 6.92 Å². The van der Waals surface area contributed by atoms with Crippen molar-refractivity contribution >= 4 is 17.4 Å². The molecule has 1 aliphatic carbocycles. The summed E-state index contributed by atoms with van der Waals surface area (Å²) in [4.78, 5) is 12.4. The highest BCUT2D eigenvalue weighted by molar-refractivity contribution is 6.00. The zero-order valence-corrected chi connectivity index (χ0v) is 12.8. The Kier molecular flexibility index (Phi) is 4.31. The highest BCUT2D eigenvalue weighted by Crippen LogP contribution is 2.32. The Hall–Kier alpha value is -2.77. The zero-order chi connectivity index (χ0) is 16.2. The van der Waals surface area contributed by atoms with Crippen LogP contribution in [0.2, 0.25) is 0 Å². The second-order valence-corrected chi connectivity index (χ2v) is 5.57. The maximum atomic E-state index is 12.4. The maximum absolute atomic E-state index is 12.4. The van der Waals surface area contributed by atoms with Crippen molar-refractivity contribution in [3.05, 3.63) is 36.0 Å². The van der Waals surface area contributed by atoms with Gasteiger partial charge in [0.2, 0.25) is 0 Å². The minimum absolute atomic E-state index is 0.0649. The Morgan fingerprint density at radius 1 is 1.57 bits per heavy atom. The van der Waals surface area contributed by atoms with E-state index in [4.69, 9.17) is 9.62 Å². The van der Waals surface area contributed by atoms with Crippen molar-refractivity contribution in [2.75, 3.05) is 11.9 Å². The number of amides is 1. The number of nitrogens with one attached hydrogen (secondary N) is 2. The Morgan fingerprint density at radius 2 is 2.39 bits per heavy atom. The minimum Gasteiger partial charge on any atom is -0.470 e. The quantitative estimate of drug-likeness (QED) is 0.339. The van der Waals surface area contributed by atoms with Crippen LogP contribution in [-0.2, 0) is 0 Å². The van der Waals surface area contributed by atoms with Gasteiger partial charge in [0.1, 0.15) is 12.0 Å². The summed E-state index contributed by atoms with van der Waals surface area (Å²) in [6.07, 6.45) is 6.23. The first-order valence-electron chi connectivity index (χ1n) is 7.52. The summed E-state index contributed by atoms with van der Waals surface area (Å²) in [5, 5.41) is 22.2. The summed E-state index contributed by atoms with van der Waals surface area (Å²) in [6.45, 7) is 1.93. The average molecular weight is 317 g/mol. The lowest BCUT2D eigenvalue weighted by Crippen LogP contribution is -2.35. The third-order valence-corrected chi connectivity index (χ3v) is 3.86. The number of aromatic nitrogens is 2. The van der Waals surface area contributed by atoms with Crippen molar-refractivity contribution < 1.29 is 14.4 Å². The number of hydrogen-bond acceptors (Lipinski definition) is 5. The molecule has 1 amide bonds. The fourth-order valence-corrected chi connectivity index (χ4v) is 2.46. The smallest absolute Gasteiger partial charge is 0.269 e. The predicted molar refractivity (Wildman–Crippen MR) is 83.7 cm³/mol. The molecule has 2 aromatic rings. The topological polar surface area (TPSA) is 105 Å². The van der Waals surface area contributed by atoms with Gasteiger partial charge in [0.25, 0.3) is 5.91 Å². The molecule has 1 aliphatic rings. The average Bonchev–Trinajstić information content (AvgIpc) is 3.11. The first-order valence-corrected chi connectivity index (χ1v) is 7.52. The van der Waals surface area contributed by atoms with E-state index in [1.54, 1.807) is 16.8 Å². The van der Waals surface area contributed by atoms with Crippen LogP contribution < -0.4 is 10.6 Å². The summed E-state index contributed by atoms with van der Waals surface area (Å²) in [6, 6.07) is 3.76. The second kappa shape index (κ2) is 6.55. The van der Waals surface area contributed by atoms with Crippen molar-refractivity contribution in [2.45, 2.75) is 32.2 Å². The SMILES string of the molecule is Cc1cc(C(=O)NCC(=NO)Nc2ccoc2)n(C2CCC2)n1. The highest BCUT2D eigenvalue weighted by atomic mass is 16.4. The van der Waals surface area contributed by atoms with Gasteiger partial charge in [-0.1, -0.05) is 5.16 Å². The number of amidine groups is 1. The summed E-state index contributed by atoms with van der Waals surface area (Å²) in [7, 11) is 0. The third kappa shape index (κ3) is 3.36. The zero-order valence-electron chi connectivity index (χ0n) is 12.8. The second-order valence-electron chi connectivity index (χ2n) is 5.57. The van der Waals surface area contributed by atoms with E-state index in [2.05, 4.69) is 20.9 Å². The van der Waals surface area contributed by atoms with Crippen LogP contribution in [-0.4, -0.2) is 33.3 Å². The largest absolute Gasteiger partial charge is 0.470 e. The predicted octanol–water partition coefficient (Wildman–Crippen LogP) is 2.14. The molecule has 0 aromatic carbocycles. The molecular weight excluding hydrogens is 298 g/mol. The molecule has 122 valence electrons. The van der Waals surface area contributed by atoms with Gasteiger partial charge in [-0.25, -0.2) is 0 Å². The van der Waals surface area contributed by atoms with Crippen LogP contribution >= 0.6 is 0 Å². The van der Waals surface area contributed by atoms with Crippen molar-refractivity contribution in [3.8, 4) is 0 Å². The van der Waals surface area contributed by atoms with Crippen LogP contribution in [0.4, 0.5) is 5.69 Å². The molecule has 0 saturated heterocycles. The standard InChI is InChI=1S/C15H19N5O3/c1-10-7-13(20(18-10)12-3-2-4-12)15(21)16-8-14(19-22)17-11-5-6-23-9-11/h5-7,9,12,22H,2-4,8H2,1H3,(H,16,21)(H,17,19). The lowest BCUT2D eigenvalue weighted by atomic mass is 9.93. The number of nitrogens with zero attached hydrogens (tertiary/aromatic N) is 3. The molecule has 0 aliphatic heterocycles. The normalized spacial score (nSPS) is 15.3. The van der Waals surface area contributed by atoms with Crippen LogP contribution in [0.25, 0.3) is 0 Å². The molecule has 1 saturated carbocycles. The van der Waals surface area contributed by atoms with Gasteiger partial charge in [-0.05, 0) is 38.3 Å². The number of oxime groups is 1. The van der Waals surface area contributed by atoms with Gasteiger partial charge in [-0.15, -0.1) is 0 Å². The first-order chi connectivity index (χ1) is 11.2. The summed E-state index contributed by atoms with van der Waals surface area (Å²) >= 11 is 0. The fraction of sp³-hybridized carbons (Fsp3) is 0.400. The number of hydrogen-bond donors (Lipinski definition) is 3. The molecule has 0 atom stereocenters. The summed E-state index contributed by atoms with van der Waals surface area (Å²) < 4.78 is 6.72. The molecule has 0 unspecified atom stereocenters. The minimum atomic E-state index is -0.243. The van der Waals surface area contributed by atoms with Crippen molar-refractivity contribution in [1.82, 2.24) is 15.1 Å². The van der Waals surface area contributed by atoms with E-state index in [9.17, 15) is 4.79 Å². The first kappa shape index (κ1) is 15.1.